The van der Waals surface area contributed by atoms with Gasteiger partial charge in [-0.2, -0.15) is 5.10 Å². The van der Waals surface area contributed by atoms with E-state index in [4.69, 9.17) is 4.52 Å². The first-order valence-electron chi connectivity index (χ1n) is 10.0. The van der Waals surface area contributed by atoms with Crippen LogP contribution in [0.3, 0.4) is 0 Å². The molecule has 1 aliphatic heterocycles. The van der Waals surface area contributed by atoms with Gasteiger partial charge in [-0.3, -0.25) is 0 Å². The molecule has 0 amide bonds. The second-order valence-electron chi connectivity index (χ2n) is 7.06. The van der Waals surface area contributed by atoms with Gasteiger partial charge in [0, 0.05) is 31.0 Å². The van der Waals surface area contributed by atoms with Crippen LogP contribution in [-0.2, 0) is 19.5 Å². The number of hydrogen-bond donors (Lipinski definition) is 2. The Morgan fingerprint density at radius 2 is 2.14 bits per heavy atom. The number of rotatable bonds is 7. The van der Waals surface area contributed by atoms with Crippen molar-refractivity contribution in [3.63, 3.8) is 0 Å². The zero-order valence-electron chi connectivity index (χ0n) is 17.2. The van der Waals surface area contributed by atoms with Gasteiger partial charge in [-0.25, -0.2) is 14.7 Å². The summed E-state index contributed by atoms with van der Waals surface area (Å²) in [6.07, 6.45) is 4.09. The lowest BCUT2D eigenvalue weighted by Gasteiger charge is -2.25. The van der Waals surface area contributed by atoms with Crippen LogP contribution in [0.15, 0.2) is 15.6 Å². The Morgan fingerprint density at radius 1 is 1.36 bits per heavy atom. The molecule has 2 aromatic heterocycles. The first-order valence-corrected chi connectivity index (χ1v) is 10.0. The van der Waals surface area contributed by atoms with E-state index in [-0.39, 0.29) is 30.0 Å². The van der Waals surface area contributed by atoms with Crippen LogP contribution in [0.4, 0.5) is 0 Å². The molecule has 1 aliphatic rings. The minimum absolute atomic E-state index is 0. The molecule has 0 bridgehead atoms. The first kappa shape index (κ1) is 22.6. The van der Waals surface area contributed by atoms with Crippen LogP contribution in [0, 0.1) is 6.92 Å². The monoisotopic (exact) mass is 501 g/mol. The van der Waals surface area contributed by atoms with Crippen molar-refractivity contribution in [2.45, 2.75) is 78.4 Å². The molecule has 0 spiro atoms. The Morgan fingerprint density at radius 3 is 2.86 bits per heavy atom. The van der Waals surface area contributed by atoms with Crippen LogP contribution >= 0.6 is 24.0 Å². The van der Waals surface area contributed by atoms with E-state index in [1.807, 2.05) is 17.7 Å². The summed E-state index contributed by atoms with van der Waals surface area (Å²) in [5.41, 5.74) is 1.03. The molecule has 1 unspecified atom stereocenters. The molecule has 0 saturated heterocycles. The lowest BCUT2D eigenvalue weighted by atomic mass is 9.99. The molecular weight excluding hydrogens is 469 g/mol. The fraction of sp³-hybridized carbons (Fsp3) is 0.684. The van der Waals surface area contributed by atoms with E-state index in [2.05, 4.69) is 51.6 Å². The van der Waals surface area contributed by atoms with E-state index in [1.54, 1.807) is 0 Å². The Kier molecular flexibility index (Phi) is 8.71. The van der Waals surface area contributed by atoms with Crippen LogP contribution < -0.4 is 10.6 Å². The zero-order chi connectivity index (χ0) is 19.2. The van der Waals surface area contributed by atoms with Gasteiger partial charge < -0.3 is 15.2 Å². The van der Waals surface area contributed by atoms with E-state index in [0.29, 0.717) is 12.5 Å². The molecule has 0 saturated carbocycles. The van der Waals surface area contributed by atoms with E-state index in [1.165, 1.54) is 0 Å². The quantitative estimate of drug-likeness (QED) is 0.344. The van der Waals surface area contributed by atoms with E-state index in [9.17, 15) is 0 Å². The first-order chi connectivity index (χ1) is 13.1. The molecule has 0 aromatic carbocycles. The van der Waals surface area contributed by atoms with Gasteiger partial charge >= 0.3 is 0 Å². The number of nitrogens with one attached hydrogen (secondary N) is 2. The van der Waals surface area contributed by atoms with Crippen molar-refractivity contribution >= 4 is 29.9 Å². The van der Waals surface area contributed by atoms with Gasteiger partial charge in [0.2, 0.25) is 0 Å². The summed E-state index contributed by atoms with van der Waals surface area (Å²) in [5, 5.41) is 15.5. The molecule has 0 aliphatic carbocycles. The normalized spacial score (nSPS) is 16.6. The molecule has 0 fully saturated rings. The van der Waals surface area contributed by atoms with Crippen molar-refractivity contribution in [2.75, 3.05) is 6.54 Å². The van der Waals surface area contributed by atoms with Gasteiger partial charge in [-0.1, -0.05) is 19.0 Å². The van der Waals surface area contributed by atoms with Gasteiger partial charge in [0.15, 0.2) is 11.7 Å². The van der Waals surface area contributed by atoms with Crippen LogP contribution in [0.5, 0.6) is 0 Å². The number of hydrogen-bond acceptors (Lipinski definition) is 5. The molecular formula is C19H32IN7O. The van der Waals surface area contributed by atoms with Crippen molar-refractivity contribution in [3.05, 3.63) is 29.2 Å². The third-order valence-electron chi connectivity index (χ3n) is 5.02. The number of halogens is 1. The Hall–Kier alpha value is -1.65. The summed E-state index contributed by atoms with van der Waals surface area (Å²) in [7, 11) is 0. The van der Waals surface area contributed by atoms with Crippen LogP contribution in [0.2, 0.25) is 0 Å². The number of fused-ring (bicyclic) bond motifs is 1. The summed E-state index contributed by atoms with van der Waals surface area (Å²) in [6.45, 7) is 10.5. The third-order valence-corrected chi connectivity index (χ3v) is 5.02. The molecule has 2 aromatic rings. The smallest absolute Gasteiger partial charge is 0.191 e. The summed E-state index contributed by atoms with van der Waals surface area (Å²) >= 11 is 0. The predicted octanol–water partition coefficient (Wildman–Crippen LogP) is 3.17. The highest BCUT2D eigenvalue weighted by Gasteiger charge is 2.21. The van der Waals surface area contributed by atoms with Crippen molar-refractivity contribution < 1.29 is 4.52 Å². The van der Waals surface area contributed by atoms with Crippen molar-refractivity contribution in [1.29, 1.82) is 0 Å². The number of guanidine groups is 1. The summed E-state index contributed by atoms with van der Waals surface area (Å²) in [6, 6.07) is 2.32. The van der Waals surface area contributed by atoms with Gasteiger partial charge in [-0.05, 0) is 33.1 Å². The highest BCUT2D eigenvalue weighted by Crippen LogP contribution is 2.22. The fourth-order valence-electron chi connectivity index (χ4n) is 3.52. The van der Waals surface area contributed by atoms with Crippen LogP contribution in [0.25, 0.3) is 0 Å². The average Bonchev–Trinajstić information content (AvgIpc) is 3.26. The number of aromatic nitrogens is 4. The zero-order valence-corrected chi connectivity index (χ0v) is 19.6. The summed E-state index contributed by atoms with van der Waals surface area (Å²) in [4.78, 5) is 9.15. The molecule has 0 radical (unpaired) electrons. The highest BCUT2D eigenvalue weighted by molar-refractivity contribution is 14.0. The molecule has 3 heterocycles. The molecule has 8 nitrogen and oxygen atoms in total. The SMILES string of the molecule is CCNC(=NCc1cc(C(CC)CC)no1)NC1CCc2nc(C)nn2C1.I. The maximum absolute atomic E-state index is 5.48. The van der Waals surface area contributed by atoms with Gasteiger partial charge in [0.1, 0.15) is 18.2 Å². The van der Waals surface area contributed by atoms with Crippen molar-refractivity contribution in [1.82, 2.24) is 30.6 Å². The Balaban J connectivity index is 0.00000280. The molecule has 3 rings (SSSR count). The standard InChI is InChI=1S/C19H31N7O.HI/c1-5-14(6-2)17-10-16(27-25-17)11-21-19(20-7-3)23-15-8-9-18-22-13(4)24-26(18)12-15;/h10,14-15H,5-9,11-12H2,1-4H3,(H2,20,21,23);1H. The summed E-state index contributed by atoms with van der Waals surface area (Å²) in [5.74, 6) is 3.96. The predicted molar refractivity (Wildman–Crippen MR) is 120 cm³/mol. The number of aliphatic imine (C=N–C) groups is 1. The minimum atomic E-state index is 0. The second-order valence-corrected chi connectivity index (χ2v) is 7.06. The van der Waals surface area contributed by atoms with Gasteiger partial charge in [-0.15, -0.1) is 24.0 Å². The maximum atomic E-state index is 5.48. The summed E-state index contributed by atoms with van der Waals surface area (Å²) < 4.78 is 7.48. The largest absolute Gasteiger partial charge is 0.359 e. The number of aryl methyl sites for hydroxylation is 2. The van der Waals surface area contributed by atoms with E-state index >= 15 is 0 Å². The van der Waals surface area contributed by atoms with Crippen LogP contribution in [-0.4, -0.2) is 38.5 Å². The van der Waals surface area contributed by atoms with Gasteiger partial charge in [0.25, 0.3) is 0 Å². The van der Waals surface area contributed by atoms with Gasteiger partial charge in [0.05, 0.1) is 12.2 Å². The molecule has 1 atom stereocenters. The Bertz CT molecular complexity index is 766. The highest BCUT2D eigenvalue weighted by atomic mass is 127. The van der Waals surface area contributed by atoms with Crippen molar-refractivity contribution in [3.8, 4) is 0 Å². The lowest BCUT2D eigenvalue weighted by Crippen LogP contribution is -2.47. The minimum Gasteiger partial charge on any atom is -0.359 e. The molecule has 9 heteroatoms. The molecule has 2 N–H and O–H groups in total. The molecule has 28 heavy (non-hydrogen) atoms. The molecule has 156 valence electrons. The van der Waals surface area contributed by atoms with E-state index < -0.39 is 0 Å². The second kappa shape index (κ2) is 10.8. The Labute approximate surface area is 184 Å². The lowest BCUT2D eigenvalue weighted by molar-refractivity contribution is 0.371. The maximum Gasteiger partial charge on any atom is 0.191 e. The van der Waals surface area contributed by atoms with E-state index in [0.717, 1.165) is 67.8 Å². The third kappa shape index (κ3) is 5.68. The number of nitrogens with zero attached hydrogens (tertiary/aromatic N) is 5. The fourth-order valence-corrected chi connectivity index (χ4v) is 3.52. The van der Waals surface area contributed by atoms with Crippen molar-refractivity contribution in [2.24, 2.45) is 4.99 Å². The average molecular weight is 501 g/mol. The van der Waals surface area contributed by atoms with Crippen LogP contribution in [0.1, 0.15) is 69.1 Å². The topological polar surface area (TPSA) is 93.2 Å².